The van der Waals surface area contributed by atoms with E-state index in [-0.39, 0.29) is 6.03 Å². The number of carbonyl (C=O) groups is 2. The number of likely N-dealkylation sites (N-methyl/N-ethyl adjacent to an activating group) is 1. The Morgan fingerprint density at radius 2 is 2.03 bits per heavy atom. The van der Waals surface area contributed by atoms with Crippen LogP contribution in [-0.2, 0) is 0 Å². The second-order valence-electron chi connectivity index (χ2n) is 7.15. The normalized spacial score (nSPS) is 13.6. The number of nitrogens with one attached hydrogen (secondary N) is 1. The van der Waals surface area contributed by atoms with Gasteiger partial charge in [0.1, 0.15) is 29.5 Å². The highest BCUT2D eigenvalue weighted by Gasteiger charge is 2.32. The van der Waals surface area contributed by atoms with Crippen LogP contribution >= 0.6 is 0 Å². The Kier molecular flexibility index (Phi) is 5.52. The van der Waals surface area contributed by atoms with Gasteiger partial charge in [-0.15, -0.1) is 0 Å². The highest BCUT2D eigenvalue weighted by molar-refractivity contribution is 6.01. The van der Waals surface area contributed by atoms with Crippen molar-refractivity contribution >= 4 is 17.9 Å². The number of rotatable bonds is 5. The fourth-order valence-electron chi connectivity index (χ4n) is 3.24. The zero-order valence-electron chi connectivity index (χ0n) is 17.6. The third-order valence-electron chi connectivity index (χ3n) is 4.94. The fraction of sp³-hybridized carbons (Fsp3) is 0.286. The van der Waals surface area contributed by atoms with E-state index < -0.39 is 6.03 Å². The minimum Gasteiger partial charge on any atom is -0.455 e. The van der Waals surface area contributed by atoms with Crippen LogP contribution in [0.15, 0.2) is 43.1 Å². The Morgan fingerprint density at radius 3 is 2.71 bits per heavy atom. The molecule has 4 rings (SSSR count). The van der Waals surface area contributed by atoms with Crippen molar-refractivity contribution in [2.45, 2.75) is 20.8 Å². The first-order chi connectivity index (χ1) is 14.9. The molecule has 4 heterocycles. The van der Waals surface area contributed by atoms with Gasteiger partial charge in [0.2, 0.25) is 0 Å². The summed E-state index contributed by atoms with van der Waals surface area (Å²) in [5.74, 6) is 2.18. The molecular formula is C21H23N7O3. The summed E-state index contributed by atoms with van der Waals surface area (Å²) in [4.78, 5) is 40.2. The second kappa shape index (κ2) is 8.42. The molecule has 0 spiro atoms. The Hall–Kier alpha value is -3.95. The summed E-state index contributed by atoms with van der Waals surface area (Å²) in [6, 6.07) is 4.47. The van der Waals surface area contributed by atoms with Crippen molar-refractivity contribution in [1.29, 1.82) is 0 Å². The van der Waals surface area contributed by atoms with Crippen LogP contribution in [0.2, 0.25) is 0 Å². The molecule has 1 fully saturated rings. The number of amides is 4. The lowest BCUT2D eigenvalue weighted by atomic mass is 10.2. The summed E-state index contributed by atoms with van der Waals surface area (Å²) in [6.07, 6.45) is 6.76. The van der Waals surface area contributed by atoms with E-state index in [2.05, 4.69) is 20.3 Å². The van der Waals surface area contributed by atoms with Gasteiger partial charge in [0.25, 0.3) is 0 Å². The summed E-state index contributed by atoms with van der Waals surface area (Å²) in [5.41, 5.74) is 1.67. The Bertz CT molecular complexity index is 1130. The molecule has 0 aromatic carbocycles. The van der Waals surface area contributed by atoms with Crippen LogP contribution in [0, 0.1) is 13.8 Å². The van der Waals surface area contributed by atoms with E-state index in [4.69, 9.17) is 4.74 Å². The van der Waals surface area contributed by atoms with Gasteiger partial charge in [-0.3, -0.25) is 9.88 Å². The highest BCUT2D eigenvalue weighted by atomic mass is 16.5. The monoisotopic (exact) mass is 421 g/mol. The third-order valence-corrected chi connectivity index (χ3v) is 4.94. The van der Waals surface area contributed by atoms with Crippen molar-refractivity contribution in [2.24, 2.45) is 0 Å². The van der Waals surface area contributed by atoms with Crippen LogP contribution in [-0.4, -0.2) is 61.0 Å². The molecule has 160 valence electrons. The van der Waals surface area contributed by atoms with Crippen LogP contribution in [0.3, 0.4) is 0 Å². The van der Waals surface area contributed by atoms with Gasteiger partial charge in [0, 0.05) is 38.1 Å². The van der Waals surface area contributed by atoms with Gasteiger partial charge < -0.3 is 9.64 Å². The van der Waals surface area contributed by atoms with Crippen molar-refractivity contribution in [2.75, 3.05) is 25.0 Å². The lowest BCUT2D eigenvalue weighted by Gasteiger charge is -2.16. The molecule has 0 unspecified atom stereocenters. The molecule has 10 heteroatoms. The lowest BCUT2D eigenvalue weighted by molar-refractivity contribution is 0.192. The number of carbonyl (C=O) groups excluding carboxylic acids is 2. The standard InChI is InChI=1S/C21H23N7O3/c1-4-26-7-8-28(21(26)30)20(29)25-18-9-14(2)17(11-23-18)31-16-5-6-22-19(10-16)27-12-15(3)24-13-27/h5-6,9-13H,4,7-8H2,1-3H3,(H,23,25,29). The van der Waals surface area contributed by atoms with Gasteiger partial charge in [-0.2, -0.15) is 0 Å². The number of imide groups is 1. The number of imidazole rings is 1. The molecule has 1 aliphatic rings. The number of aromatic nitrogens is 4. The number of anilines is 1. The lowest BCUT2D eigenvalue weighted by Crippen LogP contribution is -2.39. The number of ether oxygens (including phenoxy) is 1. The average molecular weight is 421 g/mol. The average Bonchev–Trinajstić information content (AvgIpc) is 3.35. The van der Waals surface area contributed by atoms with Crippen LogP contribution in [0.5, 0.6) is 11.5 Å². The molecule has 3 aromatic heterocycles. The van der Waals surface area contributed by atoms with Crippen molar-refractivity contribution in [3.63, 3.8) is 0 Å². The van der Waals surface area contributed by atoms with Crippen LogP contribution in [0.25, 0.3) is 5.82 Å². The predicted molar refractivity (Wildman–Crippen MR) is 114 cm³/mol. The molecule has 0 atom stereocenters. The zero-order valence-corrected chi connectivity index (χ0v) is 17.6. The van der Waals surface area contributed by atoms with Crippen molar-refractivity contribution < 1.29 is 14.3 Å². The van der Waals surface area contributed by atoms with E-state index in [9.17, 15) is 9.59 Å². The van der Waals surface area contributed by atoms with E-state index in [1.54, 1.807) is 35.6 Å². The molecule has 31 heavy (non-hydrogen) atoms. The summed E-state index contributed by atoms with van der Waals surface area (Å²) in [7, 11) is 0. The van der Waals surface area contributed by atoms with E-state index >= 15 is 0 Å². The van der Waals surface area contributed by atoms with Gasteiger partial charge in [-0.05, 0) is 38.5 Å². The van der Waals surface area contributed by atoms with E-state index in [0.29, 0.717) is 42.8 Å². The van der Waals surface area contributed by atoms with Crippen molar-refractivity contribution in [3.05, 3.63) is 54.4 Å². The smallest absolute Gasteiger partial charge is 0.331 e. The maximum Gasteiger partial charge on any atom is 0.331 e. The highest BCUT2D eigenvalue weighted by Crippen LogP contribution is 2.27. The topological polar surface area (TPSA) is 105 Å². The van der Waals surface area contributed by atoms with E-state index in [1.165, 1.54) is 11.1 Å². The SMILES string of the molecule is CCN1CCN(C(=O)Nc2cc(C)c(Oc3ccnc(-n4cnc(C)c4)c3)cn2)C1=O. The van der Waals surface area contributed by atoms with Crippen LogP contribution in [0.4, 0.5) is 15.4 Å². The van der Waals surface area contributed by atoms with E-state index in [1.807, 2.05) is 31.5 Å². The maximum atomic E-state index is 12.4. The van der Waals surface area contributed by atoms with Crippen LogP contribution in [0.1, 0.15) is 18.2 Å². The molecule has 1 aliphatic heterocycles. The molecular weight excluding hydrogens is 398 g/mol. The quantitative estimate of drug-likeness (QED) is 0.677. The first-order valence-electron chi connectivity index (χ1n) is 9.93. The molecule has 10 nitrogen and oxygen atoms in total. The zero-order chi connectivity index (χ0) is 22.0. The number of hydrogen-bond acceptors (Lipinski definition) is 6. The van der Waals surface area contributed by atoms with Gasteiger partial charge in [-0.25, -0.2) is 29.4 Å². The molecule has 0 aliphatic carbocycles. The van der Waals surface area contributed by atoms with Crippen molar-refractivity contribution in [3.8, 4) is 17.3 Å². The summed E-state index contributed by atoms with van der Waals surface area (Å²) in [5, 5.41) is 2.68. The molecule has 1 N–H and O–H groups in total. The van der Waals surface area contributed by atoms with Gasteiger partial charge >= 0.3 is 12.1 Å². The Labute approximate surface area is 179 Å². The third kappa shape index (κ3) is 4.32. The van der Waals surface area contributed by atoms with Gasteiger partial charge in [-0.1, -0.05) is 0 Å². The van der Waals surface area contributed by atoms with Crippen LogP contribution < -0.4 is 10.1 Å². The largest absolute Gasteiger partial charge is 0.455 e. The molecule has 1 saturated heterocycles. The Morgan fingerprint density at radius 1 is 1.19 bits per heavy atom. The summed E-state index contributed by atoms with van der Waals surface area (Å²) < 4.78 is 7.77. The van der Waals surface area contributed by atoms with Gasteiger partial charge in [0.05, 0.1) is 11.9 Å². The molecule has 0 saturated carbocycles. The number of urea groups is 2. The second-order valence-corrected chi connectivity index (χ2v) is 7.15. The number of pyridine rings is 2. The molecule has 3 aromatic rings. The van der Waals surface area contributed by atoms with Crippen molar-refractivity contribution in [1.82, 2.24) is 29.3 Å². The fourth-order valence-corrected chi connectivity index (χ4v) is 3.24. The first kappa shape index (κ1) is 20.3. The molecule has 0 bridgehead atoms. The number of aryl methyl sites for hydroxylation is 2. The minimum atomic E-state index is -0.490. The number of nitrogens with zero attached hydrogens (tertiary/aromatic N) is 6. The summed E-state index contributed by atoms with van der Waals surface area (Å²) in [6.45, 7) is 7.11. The van der Waals surface area contributed by atoms with E-state index in [0.717, 1.165) is 11.3 Å². The maximum absolute atomic E-state index is 12.4. The number of hydrogen-bond donors (Lipinski definition) is 1. The summed E-state index contributed by atoms with van der Waals surface area (Å²) >= 11 is 0. The predicted octanol–water partition coefficient (Wildman–Crippen LogP) is 3.36. The van der Waals surface area contributed by atoms with Gasteiger partial charge in [0.15, 0.2) is 0 Å². The molecule has 4 amide bonds. The molecule has 0 radical (unpaired) electrons. The first-order valence-corrected chi connectivity index (χ1v) is 9.93. The minimum absolute atomic E-state index is 0.293. The Balaban J connectivity index is 1.45.